The molecule has 1 aromatic heterocycles. The summed E-state index contributed by atoms with van der Waals surface area (Å²) in [4.78, 5) is 0. The first-order chi connectivity index (χ1) is 21.4. The first kappa shape index (κ1) is 30.3. The lowest BCUT2D eigenvalue weighted by molar-refractivity contribution is 0.0139. The molecule has 232 valence electrons. The van der Waals surface area contributed by atoms with Gasteiger partial charge in [0.2, 0.25) is 0 Å². The Bertz CT molecular complexity index is 1610. The molecule has 4 heterocycles. The molecule has 3 aliphatic rings. The lowest BCUT2D eigenvalue weighted by Gasteiger charge is -2.28. The molecule has 0 fully saturated rings. The van der Waals surface area contributed by atoms with E-state index >= 15 is 0 Å². The quantitative estimate of drug-likeness (QED) is 0.275. The minimum atomic E-state index is -0.558. The largest absolute Gasteiger partial charge is 0.504 e. The van der Waals surface area contributed by atoms with Crippen LogP contribution in [0.2, 0.25) is 0 Å². The summed E-state index contributed by atoms with van der Waals surface area (Å²) in [6.07, 6.45) is 10.0. The molecule has 8 nitrogen and oxygen atoms in total. The van der Waals surface area contributed by atoms with E-state index in [1.807, 2.05) is 30.3 Å². The summed E-state index contributed by atoms with van der Waals surface area (Å²) in [7, 11) is 0. The maximum Gasteiger partial charge on any atom is 0.161 e. The van der Waals surface area contributed by atoms with Gasteiger partial charge in [-0.25, -0.2) is 0 Å². The van der Waals surface area contributed by atoms with Crippen LogP contribution in [-0.4, -0.2) is 51.5 Å². The lowest BCUT2D eigenvalue weighted by atomic mass is 9.84. The van der Waals surface area contributed by atoms with Crippen LogP contribution in [-0.2, 0) is 17.8 Å². The van der Waals surface area contributed by atoms with E-state index in [2.05, 4.69) is 47.1 Å². The van der Waals surface area contributed by atoms with Gasteiger partial charge >= 0.3 is 0 Å². The zero-order valence-electron chi connectivity index (χ0n) is 25.3. The second-order valence-electron chi connectivity index (χ2n) is 12.4. The number of hydrogen-bond donors (Lipinski definition) is 5. The lowest BCUT2D eigenvalue weighted by Crippen LogP contribution is -2.40. The van der Waals surface area contributed by atoms with E-state index in [-0.39, 0.29) is 31.0 Å². The molecule has 5 atom stereocenters. The van der Waals surface area contributed by atoms with Gasteiger partial charge in [0.1, 0.15) is 12.4 Å². The minimum absolute atomic E-state index is 0.0908. The van der Waals surface area contributed by atoms with Crippen LogP contribution in [0.15, 0.2) is 66.0 Å². The van der Waals surface area contributed by atoms with Crippen LogP contribution in [0.4, 0.5) is 0 Å². The number of benzene rings is 2. The minimum Gasteiger partial charge on any atom is -0.504 e. The van der Waals surface area contributed by atoms with E-state index < -0.39 is 12.3 Å². The molecule has 0 spiro atoms. The Morgan fingerprint density at radius 2 is 2.00 bits per heavy atom. The third kappa shape index (κ3) is 6.82. The molecular formula is C36H43N3O5. The van der Waals surface area contributed by atoms with Gasteiger partial charge in [-0.2, -0.15) is 0 Å². The number of dihydropyridines is 1. The Labute approximate surface area is 259 Å². The number of nitrogens with two attached hydrogens (primary N) is 1. The molecule has 6 bridgehead atoms. The zero-order valence-corrected chi connectivity index (χ0v) is 25.3. The summed E-state index contributed by atoms with van der Waals surface area (Å²) in [5.41, 5.74) is 10.3. The van der Waals surface area contributed by atoms with Gasteiger partial charge in [-0.1, -0.05) is 43.0 Å². The summed E-state index contributed by atoms with van der Waals surface area (Å²) in [6, 6.07) is 11.5. The highest BCUT2D eigenvalue weighted by Gasteiger charge is 2.26. The Morgan fingerprint density at radius 3 is 2.86 bits per heavy atom. The summed E-state index contributed by atoms with van der Waals surface area (Å²) >= 11 is 0. The smallest absolute Gasteiger partial charge is 0.161 e. The van der Waals surface area contributed by atoms with Gasteiger partial charge in [0.25, 0.3) is 0 Å². The predicted octanol–water partition coefficient (Wildman–Crippen LogP) is 4.81. The first-order valence-electron chi connectivity index (χ1n) is 15.8. The maximum absolute atomic E-state index is 11.2. The number of fused-ring (bicyclic) bond motifs is 6. The Balaban J connectivity index is 1.46. The van der Waals surface area contributed by atoms with E-state index in [9.17, 15) is 15.3 Å². The summed E-state index contributed by atoms with van der Waals surface area (Å²) in [6.45, 7) is 2.94. The topological polar surface area (TPSA) is 122 Å². The zero-order chi connectivity index (χ0) is 30.6. The molecule has 0 amide bonds. The number of aromatic nitrogens is 1. The van der Waals surface area contributed by atoms with Crippen molar-refractivity contribution in [2.24, 2.45) is 17.6 Å². The Kier molecular flexibility index (Phi) is 9.29. The van der Waals surface area contributed by atoms with Gasteiger partial charge in [0.05, 0.1) is 25.0 Å². The monoisotopic (exact) mass is 597 g/mol. The Morgan fingerprint density at radius 1 is 1.11 bits per heavy atom. The standard InChI is InChI=1S/C36H43N3O5/c1-23-7-10-26-17-35(37)38-36-32(26)22-43-30(13-11-25(23)6-3-15-40)18-29(41)12-8-24-9-14-33(42)34(16-24)44-21-28-5-2-4-27-19-39(36)20-31(27)28/h2,4-5,9,14,16-17,19-20,23,25,29-30,35,38,40-42H,3,6,8,11-13,15,18,21-22,37H2,1H3. The molecule has 6 N–H and O–H groups in total. The highest BCUT2D eigenvalue weighted by molar-refractivity contribution is 5.87. The van der Waals surface area contributed by atoms with E-state index in [1.54, 1.807) is 6.07 Å². The molecule has 8 heteroatoms. The van der Waals surface area contributed by atoms with Crippen molar-refractivity contribution in [3.8, 4) is 23.3 Å². The fourth-order valence-corrected chi connectivity index (χ4v) is 6.59. The third-order valence-electron chi connectivity index (χ3n) is 9.20. The number of nitrogens with one attached hydrogen (secondary N) is 1. The first-order valence-corrected chi connectivity index (χ1v) is 15.8. The van der Waals surface area contributed by atoms with Gasteiger partial charge < -0.3 is 40.4 Å². The van der Waals surface area contributed by atoms with Crippen molar-refractivity contribution in [3.05, 3.63) is 77.1 Å². The van der Waals surface area contributed by atoms with Crippen LogP contribution in [0.3, 0.4) is 0 Å². The molecule has 0 saturated carbocycles. The third-order valence-corrected chi connectivity index (χ3v) is 9.20. The fourth-order valence-electron chi connectivity index (χ4n) is 6.59. The average molecular weight is 598 g/mol. The van der Waals surface area contributed by atoms with Crippen molar-refractivity contribution >= 4 is 16.6 Å². The van der Waals surface area contributed by atoms with Crippen molar-refractivity contribution < 1.29 is 24.8 Å². The van der Waals surface area contributed by atoms with Crippen LogP contribution in [0.1, 0.15) is 56.6 Å². The van der Waals surface area contributed by atoms with E-state index in [4.69, 9.17) is 15.2 Å². The van der Waals surface area contributed by atoms with Gasteiger partial charge in [0, 0.05) is 46.8 Å². The van der Waals surface area contributed by atoms with Crippen molar-refractivity contribution in [1.29, 1.82) is 0 Å². The van der Waals surface area contributed by atoms with Crippen molar-refractivity contribution in [2.45, 2.75) is 76.9 Å². The van der Waals surface area contributed by atoms with Crippen LogP contribution in [0.5, 0.6) is 11.5 Å². The second kappa shape index (κ2) is 13.5. The van der Waals surface area contributed by atoms with E-state index in [1.165, 1.54) is 0 Å². The fraction of sp³-hybridized carbons (Fsp3) is 0.444. The number of ether oxygens (including phenoxy) is 2. The molecule has 3 aliphatic heterocycles. The van der Waals surface area contributed by atoms with Crippen molar-refractivity contribution in [3.63, 3.8) is 0 Å². The molecule has 5 unspecified atom stereocenters. The van der Waals surface area contributed by atoms with E-state index in [0.717, 1.165) is 64.5 Å². The highest BCUT2D eigenvalue weighted by atomic mass is 16.5. The maximum atomic E-state index is 11.2. The van der Waals surface area contributed by atoms with Crippen LogP contribution in [0.25, 0.3) is 16.6 Å². The van der Waals surface area contributed by atoms with Crippen molar-refractivity contribution in [1.82, 2.24) is 9.88 Å². The number of aliphatic hydroxyl groups is 2. The number of hydrogen-bond acceptors (Lipinski definition) is 7. The number of aromatic hydroxyl groups is 1. The average Bonchev–Trinajstić information content (AvgIpc) is 3.45. The molecule has 0 aliphatic carbocycles. The van der Waals surface area contributed by atoms with Gasteiger partial charge in [-0.15, -0.1) is 0 Å². The molecule has 2 aromatic carbocycles. The highest BCUT2D eigenvalue weighted by Crippen LogP contribution is 2.33. The van der Waals surface area contributed by atoms with Crippen LogP contribution >= 0.6 is 0 Å². The Hall–Kier alpha value is -3.74. The normalized spacial score (nSPS) is 26.0. The number of phenolic OH excluding ortho intramolecular Hbond substituents is 1. The molecule has 0 radical (unpaired) electrons. The number of phenols is 1. The predicted molar refractivity (Wildman–Crippen MR) is 171 cm³/mol. The molecule has 6 rings (SSSR count). The van der Waals surface area contributed by atoms with Gasteiger partial charge in [-0.3, -0.25) is 0 Å². The summed E-state index contributed by atoms with van der Waals surface area (Å²) in [5, 5.41) is 36.8. The molecule has 44 heavy (non-hydrogen) atoms. The second-order valence-corrected chi connectivity index (χ2v) is 12.4. The summed E-state index contributed by atoms with van der Waals surface area (Å²) in [5.74, 6) is 8.74. The number of rotatable bonds is 3. The SMILES string of the molecule is CC1C#CC2=CC(N)NC3=C2COC(CCC1CCCO)CC(O)CCc1ccc(O)c(c1)OCc1cccc2cn3cc12. The van der Waals surface area contributed by atoms with Crippen LogP contribution in [0, 0.1) is 23.7 Å². The molecule has 3 aromatic rings. The van der Waals surface area contributed by atoms with Crippen LogP contribution < -0.4 is 15.8 Å². The number of aryl methyl sites for hydroxylation is 1. The summed E-state index contributed by atoms with van der Waals surface area (Å²) < 4.78 is 14.9. The molecular weight excluding hydrogens is 554 g/mol. The number of nitrogens with zero attached hydrogens (tertiary/aromatic N) is 1. The molecule has 0 saturated heterocycles. The van der Waals surface area contributed by atoms with Gasteiger partial charge in [-0.05, 0) is 80.2 Å². The van der Waals surface area contributed by atoms with Gasteiger partial charge in [0.15, 0.2) is 11.5 Å². The number of aliphatic hydroxyl groups excluding tert-OH is 2. The van der Waals surface area contributed by atoms with E-state index in [0.29, 0.717) is 37.5 Å². The van der Waals surface area contributed by atoms with Crippen molar-refractivity contribution in [2.75, 3.05) is 13.2 Å².